The molecular weight excluding hydrogens is 352 g/mol. The Morgan fingerprint density at radius 1 is 1.18 bits per heavy atom. The number of hydrogen-bond acceptors (Lipinski definition) is 4. The summed E-state index contributed by atoms with van der Waals surface area (Å²) in [4.78, 5) is 27.7. The van der Waals surface area contributed by atoms with Crippen LogP contribution < -0.4 is 0 Å². The highest BCUT2D eigenvalue weighted by Crippen LogP contribution is 2.18. The van der Waals surface area contributed by atoms with Crippen LogP contribution in [0.2, 0.25) is 0 Å². The lowest BCUT2D eigenvalue weighted by atomic mass is 10.2. The van der Waals surface area contributed by atoms with Crippen LogP contribution in [0.4, 0.5) is 4.79 Å². The standard InChI is InChI=1S/C14H21BrN4O3/c1-14(2,3)22-13(21)19-7-5-18(6-8-19)12(20)11-10(15)9-17(4)16-11/h9H,5-8H2,1-4H3. The zero-order valence-corrected chi connectivity index (χ0v) is 14.9. The van der Waals surface area contributed by atoms with E-state index in [2.05, 4.69) is 21.0 Å². The fraction of sp³-hybridized carbons (Fsp3) is 0.643. The minimum Gasteiger partial charge on any atom is -0.444 e. The summed E-state index contributed by atoms with van der Waals surface area (Å²) in [6.07, 6.45) is 1.41. The zero-order chi connectivity index (χ0) is 16.5. The van der Waals surface area contributed by atoms with E-state index in [9.17, 15) is 9.59 Å². The number of piperazine rings is 1. The van der Waals surface area contributed by atoms with Crippen LogP contribution in [0.25, 0.3) is 0 Å². The maximum Gasteiger partial charge on any atom is 0.410 e. The number of nitrogens with zero attached hydrogens (tertiary/aromatic N) is 4. The molecule has 1 saturated heterocycles. The Morgan fingerprint density at radius 3 is 2.18 bits per heavy atom. The average Bonchev–Trinajstić information content (AvgIpc) is 2.75. The molecule has 122 valence electrons. The van der Waals surface area contributed by atoms with Crippen LogP contribution in [0, 0.1) is 0 Å². The molecule has 8 heteroatoms. The van der Waals surface area contributed by atoms with Crippen molar-refractivity contribution in [3.8, 4) is 0 Å². The highest BCUT2D eigenvalue weighted by atomic mass is 79.9. The summed E-state index contributed by atoms with van der Waals surface area (Å²) in [5.41, 5.74) is -0.115. The van der Waals surface area contributed by atoms with Gasteiger partial charge in [-0.3, -0.25) is 9.48 Å². The lowest BCUT2D eigenvalue weighted by Crippen LogP contribution is -2.51. The first-order chi connectivity index (χ1) is 10.2. The Balaban J connectivity index is 1.93. The molecule has 0 spiro atoms. The monoisotopic (exact) mass is 372 g/mol. The molecule has 22 heavy (non-hydrogen) atoms. The number of ether oxygens (including phenoxy) is 1. The van der Waals surface area contributed by atoms with Gasteiger partial charge in [-0.25, -0.2) is 4.79 Å². The Labute approximate surface area is 138 Å². The Bertz CT molecular complexity index is 571. The van der Waals surface area contributed by atoms with E-state index in [0.29, 0.717) is 36.3 Å². The molecule has 2 rings (SSSR count). The van der Waals surface area contributed by atoms with Crippen molar-refractivity contribution < 1.29 is 14.3 Å². The van der Waals surface area contributed by atoms with Crippen molar-refractivity contribution in [2.45, 2.75) is 26.4 Å². The summed E-state index contributed by atoms with van der Waals surface area (Å²) in [6, 6.07) is 0. The predicted molar refractivity (Wildman–Crippen MR) is 84.6 cm³/mol. The van der Waals surface area contributed by atoms with Crippen molar-refractivity contribution in [1.82, 2.24) is 19.6 Å². The predicted octanol–water partition coefficient (Wildman–Crippen LogP) is 1.88. The zero-order valence-electron chi connectivity index (χ0n) is 13.3. The number of halogens is 1. The molecule has 0 aromatic carbocycles. The van der Waals surface area contributed by atoms with Gasteiger partial charge in [0.2, 0.25) is 0 Å². The van der Waals surface area contributed by atoms with E-state index in [0.717, 1.165) is 0 Å². The van der Waals surface area contributed by atoms with Gasteiger partial charge in [0.05, 0.1) is 4.47 Å². The highest BCUT2D eigenvalue weighted by Gasteiger charge is 2.29. The van der Waals surface area contributed by atoms with Crippen molar-refractivity contribution in [3.63, 3.8) is 0 Å². The van der Waals surface area contributed by atoms with Gasteiger partial charge >= 0.3 is 6.09 Å². The molecule has 1 aromatic heterocycles. The van der Waals surface area contributed by atoms with Gasteiger partial charge in [0.25, 0.3) is 5.91 Å². The molecule has 2 amide bonds. The van der Waals surface area contributed by atoms with Crippen molar-refractivity contribution in [2.24, 2.45) is 7.05 Å². The summed E-state index contributed by atoms with van der Waals surface area (Å²) < 4.78 is 7.61. The van der Waals surface area contributed by atoms with Crippen molar-refractivity contribution in [2.75, 3.05) is 26.2 Å². The van der Waals surface area contributed by atoms with E-state index >= 15 is 0 Å². The highest BCUT2D eigenvalue weighted by molar-refractivity contribution is 9.10. The summed E-state index contributed by atoms with van der Waals surface area (Å²) in [5, 5.41) is 4.16. The van der Waals surface area contributed by atoms with Gasteiger partial charge in [-0.05, 0) is 36.7 Å². The van der Waals surface area contributed by atoms with Gasteiger partial charge in [-0.15, -0.1) is 0 Å². The van der Waals surface area contributed by atoms with Crippen molar-refractivity contribution >= 4 is 27.9 Å². The summed E-state index contributed by atoms with van der Waals surface area (Å²) in [7, 11) is 1.77. The smallest absolute Gasteiger partial charge is 0.410 e. The van der Waals surface area contributed by atoms with Gasteiger partial charge in [0, 0.05) is 39.4 Å². The van der Waals surface area contributed by atoms with Crippen LogP contribution in [0.1, 0.15) is 31.3 Å². The molecule has 0 saturated carbocycles. The molecule has 0 radical (unpaired) electrons. The van der Waals surface area contributed by atoms with E-state index in [1.807, 2.05) is 20.8 Å². The molecule has 0 bridgehead atoms. The number of carbonyl (C=O) groups is 2. The van der Waals surface area contributed by atoms with Crippen LogP contribution in [0.5, 0.6) is 0 Å². The lowest BCUT2D eigenvalue weighted by Gasteiger charge is -2.35. The van der Waals surface area contributed by atoms with Crippen LogP contribution in [-0.4, -0.2) is 63.4 Å². The lowest BCUT2D eigenvalue weighted by molar-refractivity contribution is 0.0140. The molecular formula is C14H21BrN4O3. The molecule has 7 nitrogen and oxygen atoms in total. The van der Waals surface area contributed by atoms with Crippen LogP contribution in [-0.2, 0) is 11.8 Å². The SMILES string of the molecule is Cn1cc(Br)c(C(=O)N2CCN(C(=O)OC(C)(C)C)CC2)n1. The van der Waals surface area contributed by atoms with Crippen LogP contribution in [0.15, 0.2) is 10.7 Å². The second kappa shape index (κ2) is 6.28. The first kappa shape index (κ1) is 16.8. The van der Waals surface area contributed by atoms with E-state index < -0.39 is 5.60 Å². The topological polar surface area (TPSA) is 67.7 Å². The second-order valence-electron chi connectivity index (χ2n) is 6.26. The molecule has 2 heterocycles. The molecule has 0 N–H and O–H groups in total. The third-order valence-electron chi connectivity index (χ3n) is 3.21. The minimum atomic E-state index is -0.511. The van der Waals surface area contributed by atoms with Crippen LogP contribution in [0.3, 0.4) is 0 Å². The van der Waals surface area contributed by atoms with Gasteiger partial charge in [-0.2, -0.15) is 5.10 Å². The van der Waals surface area contributed by atoms with E-state index in [-0.39, 0.29) is 12.0 Å². The van der Waals surface area contributed by atoms with Crippen molar-refractivity contribution in [1.29, 1.82) is 0 Å². The normalized spacial score (nSPS) is 15.9. The summed E-state index contributed by atoms with van der Waals surface area (Å²) in [6.45, 7) is 7.38. The molecule has 1 aromatic rings. The minimum absolute atomic E-state index is 0.128. The van der Waals surface area contributed by atoms with E-state index in [4.69, 9.17) is 4.74 Å². The van der Waals surface area contributed by atoms with E-state index in [1.54, 1.807) is 27.7 Å². The summed E-state index contributed by atoms with van der Waals surface area (Å²) in [5.74, 6) is -0.128. The first-order valence-electron chi connectivity index (χ1n) is 7.14. The number of hydrogen-bond donors (Lipinski definition) is 0. The largest absolute Gasteiger partial charge is 0.444 e. The second-order valence-corrected chi connectivity index (χ2v) is 7.11. The molecule has 1 aliphatic heterocycles. The maximum absolute atomic E-state index is 12.4. The fourth-order valence-electron chi connectivity index (χ4n) is 2.17. The Kier molecular flexibility index (Phi) is 4.79. The summed E-state index contributed by atoms with van der Waals surface area (Å²) >= 11 is 3.34. The molecule has 0 unspecified atom stereocenters. The van der Waals surface area contributed by atoms with Gasteiger partial charge in [0.15, 0.2) is 5.69 Å². The van der Waals surface area contributed by atoms with Gasteiger partial charge in [-0.1, -0.05) is 0 Å². The van der Waals surface area contributed by atoms with Gasteiger partial charge < -0.3 is 14.5 Å². The number of rotatable bonds is 1. The Hall–Kier alpha value is -1.57. The fourth-order valence-corrected chi connectivity index (χ4v) is 2.72. The molecule has 1 aliphatic rings. The van der Waals surface area contributed by atoms with E-state index in [1.165, 1.54) is 0 Å². The molecule has 0 atom stereocenters. The van der Waals surface area contributed by atoms with Gasteiger partial charge in [0.1, 0.15) is 5.60 Å². The quantitative estimate of drug-likeness (QED) is 0.754. The first-order valence-corrected chi connectivity index (χ1v) is 7.93. The number of amides is 2. The van der Waals surface area contributed by atoms with Crippen LogP contribution >= 0.6 is 15.9 Å². The number of aryl methyl sites for hydroxylation is 1. The maximum atomic E-state index is 12.4. The average molecular weight is 373 g/mol. The Morgan fingerprint density at radius 2 is 1.73 bits per heavy atom. The van der Waals surface area contributed by atoms with Crippen molar-refractivity contribution in [3.05, 3.63) is 16.4 Å². The third-order valence-corrected chi connectivity index (χ3v) is 3.79. The third kappa shape index (κ3) is 4.00. The molecule has 1 fully saturated rings. The number of aromatic nitrogens is 2. The number of carbonyl (C=O) groups excluding carboxylic acids is 2. The molecule has 0 aliphatic carbocycles.